The topological polar surface area (TPSA) is 102 Å². The Morgan fingerprint density at radius 2 is 2.19 bits per heavy atom. The van der Waals surface area contributed by atoms with E-state index in [2.05, 4.69) is 0 Å². The van der Waals surface area contributed by atoms with E-state index in [9.17, 15) is 15.0 Å². The van der Waals surface area contributed by atoms with Crippen molar-refractivity contribution in [2.75, 3.05) is 0 Å². The number of phenolic OH excluding ortho intramolecular Hbond substituents is 1. The first-order valence-electron chi connectivity index (χ1n) is 4.66. The van der Waals surface area contributed by atoms with Crippen LogP contribution in [0.3, 0.4) is 0 Å². The Balaban J connectivity index is 3.07. The van der Waals surface area contributed by atoms with E-state index in [1.54, 1.807) is 0 Å². The second-order valence-electron chi connectivity index (χ2n) is 3.28. The van der Waals surface area contributed by atoms with Crippen LogP contribution < -0.4 is 0 Å². The zero-order valence-electron chi connectivity index (χ0n) is 8.42. The Morgan fingerprint density at radius 1 is 1.50 bits per heavy atom. The van der Waals surface area contributed by atoms with Gasteiger partial charge >= 0.3 is 5.97 Å². The second-order valence-corrected chi connectivity index (χ2v) is 3.28. The molecule has 0 radical (unpaired) electrons. The van der Waals surface area contributed by atoms with Crippen molar-refractivity contribution in [1.29, 1.82) is 5.26 Å². The van der Waals surface area contributed by atoms with Crippen LogP contribution in [0.5, 0.6) is 5.75 Å². The summed E-state index contributed by atoms with van der Waals surface area (Å²) >= 11 is 0. The highest BCUT2D eigenvalue weighted by Crippen LogP contribution is 2.23. The van der Waals surface area contributed by atoms with E-state index >= 15 is 0 Å². The Bertz CT molecular complexity index is 436. The third kappa shape index (κ3) is 2.72. The summed E-state index contributed by atoms with van der Waals surface area (Å²) in [6, 6.07) is 5.93. The predicted molar refractivity (Wildman–Crippen MR) is 54.6 cm³/mol. The van der Waals surface area contributed by atoms with Crippen molar-refractivity contribution in [3.05, 3.63) is 29.3 Å². The number of aliphatic hydroxyl groups is 1. The standard InChI is InChI=1S/C11H11NO4/c12-5-1-2-7-6-8(13)3-4-9(7)10(14)11(15)16/h3-4,6,10,13-14H,1-2H2,(H,15,16). The normalized spacial score (nSPS) is 11.8. The van der Waals surface area contributed by atoms with E-state index in [1.165, 1.54) is 18.2 Å². The summed E-state index contributed by atoms with van der Waals surface area (Å²) in [7, 11) is 0. The summed E-state index contributed by atoms with van der Waals surface area (Å²) in [6.07, 6.45) is -1.14. The fourth-order valence-electron chi connectivity index (χ4n) is 1.40. The lowest BCUT2D eigenvalue weighted by Gasteiger charge is -2.11. The van der Waals surface area contributed by atoms with Crippen LogP contribution >= 0.6 is 0 Å². The molecule has 0 fully saturated rings. The van der Waals surface area contributed by atoms with Crippen molar-refractivity contribution in [2.45, 2.75) is 18.9 Å². The summed E-state index contributed by atoms with van der Waals surface area (Å²) in [5.74, 6) is -1.38. The highest BCUT2D eigenvalue weighted by molar-refractivity contribution is 5.74. The second kappa shape index (κ2) is 5.14. The van der Waals surface area contributed by atoms with Crippen molar-refractivity contribution in [1.82, 2.24) is 0 Å². The van der Waals surface area contributed by atoms with Gasteiger partial charge in [0.1, 0.15) is 5.75 Å². The zero-order valence-corrected chi connectivity index (χ0v) is 8.42. The van der Waals surface area contributed by atoms with Crippen LogP contribution in [0.15, 0.2) is 18.2 Å². The van der Waals surface area contributed by atoms with Crippen LogP contribution in [0.4, 0.5) is 0 Å². The lowest BCUT2D eigenvalue weighted by atomic mass is 9.98. The average molecular weight is 221 g/mol. The molecule has 5 heteroatoms. The molecule has 1 aromatic rings. The first-order chi connectivity index (χ1) is 7.56. The predicted octanol–water partition coefficient (Wildman–Crippen LogP) is 0.966. The number of nitrogens with zero attached hydrogens (tertiary/aromatic N) is 1. The molecule has 0 aromatic heterocycles. The Labute approximate surface area is 92.2 Å². The monoisotopic (exact) mass is 221 g/mol. The largest absolute Gasteiger partial charge is 0.508 e. The number of aromatic hydroxyl groups is 1. The van der Waals surface area contributed by atoms with Crippen molar-refractivity contribution in [3.8, 4) is 11.8 Å². The number of carbonyl (C=O) groups is 1. The lowest BCUT2D eigenvalue weighted by molar-refractivity contribution is -0.147. The van der Waals surface area contributed by atoms with E-state index in [1.807, 2.05) is 6.07 Å². The molecule has 0 heterocycles. The van der Waals surface area contributed by atoms with Crippen molar-refractivity contribution >= 4 is 5.97 Å². The van der Waals surface area contributed by atoms with E-state index in [0.717, 1.165) is 0 Å². The summed E-state index contributed by atoms with van der Waals surface area (Å²) in [5, 5.41) is 35.8. The molecule has 0 bridgehead atoms. The minimum Gasteiger partial charge on any atom is -0.508 e. The summed E-state index contributed by atoms with van der Waals surface area (Å²) in [6.45, 7) is 0. The minimum absolute atomic E-state index is 0.0192. The smallest absolute Gasteiger partial charge is 0.337 e. The number of carboxylic acids is 1. The molecule has 5 nitrogen and oxygen atoms in total. The molecule has 1 unspecified atom stereocenters. The SMILES string of the molecule is N#CCCc1cc(O)ccc1C(O)C(=O)O. The van der Waals surface area contributed by atoms with Gasteiger partial charge in [-0.3, -0.25) is 0 Å². The van der Waals surface area contributed by atoms with Crippen molar-refractivity contribution in [2.24, 2.45) is 0 Å². The molecule has 0 spiro atoms. The average Bonchev–Trinajstić information content (AvgIpc) is 2.25. The maximum atomic E-state index is 10.6. The Morgan fingerprint density at radius 3 is 2.75 bits per heavy atom. The quantitative estimate of drug-likeness (QED) is 0.703. The van der Waals surface area contributed by atoms with Gasteiger partial charge in [0.05, 0.1) is 6.07 Å². The lowest BCUT2D eigenvalue weighted by Crippen LogP contribution is -2.12. The molecule has 1 rings (SSSR count). The number of hydrogen-bond acceptors (Lipinski definition) is 4. The minimum atomic E-state index is -1.63. The van der Waals surface area contributed by atoms with Crippen LogP contribution in [0.2, 0.25) is 0 Å². The number of aryl methyl sites for hydroxylation is 1. The molecule has 0 saturated heterocycles. The molecule has 0 aliphatic carbocycles. The van der Waals surface area contributed by atoms with Gasteiger partial charge in [0.2, 0.25) is 0 Å². The molecule has 3 N–H and O–H groups in total. The Kier molecular flexibility index (Phi) is 3.86. The highest BCUT2D eigenvalue weighted by Gasteiger charge is 2.19. The maximum absolute atomic E-state index is 10.6. The number of nitriles is 1. The zero-order chi connectivity index (χ0) is 12.1. The van der Waals surface area contributed by atoms with Crippen LogP contribution in [-0.2, 0) is 11.2 Å². The van der Waals surface area contributed by atoms with Gasteiger partial charge in [-0.05, 0) is 29.7 Å². The molecular weight excluding hydrogens is 210 g/mol. The maximum Gasteiger partial charge on any atom is 0.337 e. The van der Waals surface area contributed by atoms with E-state index in [-0.39, 0.29) is 17.7 Å². The van der Waals surface area contributed by atoms with Gasteiger partial charge in [0, 0.05) is 6.42 Å². The highest BCUT2D eigenvalue weighted by atomic mass is 16.4. The number of phenols is 1. The van der Waals surface area contributed by atoms with Gasteiger partial charge in [0.15, 0.2) is 6.10 Å². The molecule has 1 atom stereocenters. The van der Waals surface area contributed by atoms with Gasteiger partial charge in [-0.15, -0.1) is 0 Å². The summed E-state index contributed by atoms with van der Waals surface area (Å²) in [4.78, 5) is 10.6. The van der Waals surface area contributed by atoms with Crippen LogP contribution in [0.1, 0.15) is 23.7 Å². The van der Waals surface area contributed by atoms with Gasteiger partial charge in [-0.25, -0.2) is 4.79 Å². The molecule has 16 heavy (non-hydrogen) atoms. The summed E-state index contributed by atoms with van der Waals surface area (Å²) in [5.41, 5.74) is 0.678. The van der Waals surface area contributed by atoms with Crippen LogP contribution in [0.25, 0.3) is 0 Å². The van der Waals surface area contributed by atoms with E-state index in [4.69, 9.17) is 10.4 Å². The molecule has 84 valence electrons. The number of aliphatic hydroxyl groups excluding tert-OH is 1. The number of carboxylic acid groups (broad SMARTS) is 1. The molecule has 0 aliphatic rings. The number of benzene rings is 1. The van der Waals surface area contributed by atoms with Crippen LogP contribution in [-0.4, -0.2) is 21.3 Å². The number of aliphatic carboxylic acids is 1. The van der Waals surface area contributed by atoms with Gasteiger partial charge in [-0.1, -0.05) is 6.07 Å². The molecular formula is C11H11NO4. The summed E-state index contributed by atoms with van der Waals surface area (Å²) < 4.78 is 0. The van der Waals surface area contributed by atoms with E-state index in [0.29, 0.717) is 12.0 Å². The molecule has 1 aromatic carbocycles. The molecule has 0 saturated carbocycles. The molecule has 0 amide bonds. The first-order valence-corrected chi connectivity index (χ1v) is 4.66. The van der Waals surface area contributed by atoms with Gasteiger partial charge < -0.3 is 15.3 Å². The third-order valence-corrected chi connectivity index (χ3v) is 2.16. The van der Waals surface area contributed by atoms with Gasteiger partial charge in [-0.2, -0.15) is 5.26 Å². The molecule has 0 aliphatic heterocycles. The van der Waals surface area contributed by atoms with Crippen molar-refractivity contribution in [3.63, 3.8) is 0 Å². The number of hydrogen-bond donors (Lipinski definition) is 3. The van der Waals surface area contributed by atoms with Crippen LogP contribution in [0, 0.1) is 11.3 Å². The number of rotatable bonds is 4. The fourth-order valence-corrected chi connectivity index (χ4v) is 1.40. The van der Waals surface area contributed by atoms with Crippen molar-refractivity contribution < 1.29 is 20.1 Å². The van der Waals surface area contributed by atoms with E-state index < -0.39 is 12.1 Å². The van der Waals surface area contributed by atoms with Gasteiger partial charge in [0.25, 0.3) is 0 Å². The fraction of sp³-hybridized carbons (Fsp3) is 0.273. The third-order valence-electron chi connectivity index (χ3n) is 2.16. The first kappa shape index (κ1) is 12.0. The Hall–Kier alpha value is -2.06.